The summed E-state index contributed by atoms with van der Waals surface area (Å²) in [6.45, 7) is -0.189. The quantitative estimate of drug-likeness (QED) is 0.723. The predicted molar refractivity (Wildman–Crippen MR) is 58.5 cm³/mol. The van der Waals surface area contributed by atoms with Gasteiger partial charge in [0.05, 0.1) is 18.8 Å². The van der Waals surface area contributed by atoms with Crippen molar-refractivity contribution in [3.05, 3.63) is 35.9 Å². The van der Waals surface area contributed by atoms with Gasteiger partial charge in [0.1, 0.15) is 12.2 Å². The van der Waals surface area contributed by atoms with Crippen molar-refractivity contribution in [3.8, 4) is 0 Å². The Morgan fingerprint density at radius 1 is 1.41 bits per heavy atom. The fraction of sp³-hybridized carbons (Fsp3) is 0.417. The predicted octanol–water partition coefficient (Wildman–Crippen LogP) is -0.0360. The van der Waals surface area contributed by atoms with E-state index in [1.54, 1.807) is 30.3 Å². The summed E-state index contributed by atoms with van der Waals surface area (Å²) in [4.78, 5) is 11.7. The molecule has 0 amide bonds. The normalized spacial score (nSPS) is 28.0. The van der Waals surface area contributed by atoms with Crippen LogP contribution in [0.1, 0.15) is 10.4 Å². The van der Waals surface area contributed by atoms with Crippen LogP contribution >= 0.6 is 0 Å². The fourth-order valence-electron chi connectivity index (χ4n) is 1.70. The zero-order valence-electron chi connectivity index (χ0n) is 9.15. The lowest BCUT2D eigenvalue weighted by Crippen LogP contribution is -2.35. The maximum atomic E-state index is 11.7. The Bertz CT molecular complexity index is 378. The summed E-state index contributed by atoms with van der Waals surface area (Å²) in [5, 5.41) is 18.6. The molecule has 1 heterocycles. The van der Waals surface area contributed by atoms with Gasteiger partial charge in [-0.3, -0.25) is 0 Å². The van der Waals surface area contributed by atoms with Gasteiger partial charge in [0.15, 0.2) is 6.10 Å². The lowest BCUT2D eigenvalue weighted by molar-refractivity contribution is -0.0174. The van der Waals surface area contributed by atoms with Crippen LogP contribution in [0.15, 0.2) is 30.3 Å². The van der Waals surface area contributed by atoms with Crippen molar-refractivity contribution in [2.45, 2.75) is 18.3 Å². The molecule has 3 atom stereocenters. The summed E-state index contributed by atoms with van der Waals surface area (Å²) in [5.74, 6) is -0.503. The number of hydrogen-bond acceptors (Lipinski definition) is 5. The second kappa shape index (κ2) is 5.27. The third kappa shape index (κ3) is 2.63. The number of ether oxygens (including phenoxy) is 2. The van der Waals surface area contributed by atoms with Gasteiger partial charge < -0.3 is 19.7 Å². The third-order valence-electron chi connectivity index (χ3n) is 2.68. The molecule has 1 aliphatic heterocycles. The Hall–Kier alpha value is -1.43. The SMILES string of the molecule is O=C(O[C@H]1CO[C@H](CO)[C@@H]1O)c1ccccc1. The van der Waals surface area contributed by atoms with Gasteiger partial charge in [0, 0.05) is 0 Å². The Morgan fingerprint density at radius 2 is 2.12 bits per heavy atom. The van der Waals surface area contributed by atoms with Gasteiger partial charge in [-0.1, -0.05) is 18.2 Å². The second-order valence-corrected chi connectivity index (χ2v) is 3.85. The van der Waals surface area contributed by atoms with Crippen molar-refractivity contribution in [3.63, 3.8) is 0 Å². The first-order valence-electron chi connectivity index (χ1n) is 5.39. The number of esters is 1. The molecule has 2 N–H and O–H groups in total. The van der Waals surface area contributed by atoms with E-state index in [-0.39, 0.29) is 13.2 Å². The van der Waals surface area contributed by atoms with Crippen LogP contribution in [0.2, 0.25) is 0 Å². The molecule has 5 nitrogen and oxygen atoms in total. The van der Waals surface area contributed by atoms with Crippen LogP contribution < -0.4 is 0 Å². The van der Waals surface area contributed by atoms with E-state index in [9.17, 15) is 9.90 Å². The first-order chi connectivity index (χ1) is 8.22. The van der Waals surface area contributed by atoms with Crippen LogP contribution in [-0.4, -0.2) is 47.7 Å². The zero-order chi connectivity index (χ0) is 12.3. The minimum absolute atomic E-state index is 0.102. The van der Waals surface area contributed by atoms with E-state index in [0.29, 0.717) is 5.56 Å². The van der Waals surface area contributed by atoms with Gasteiger partial charge in [-0.25, -0.2) is 4.79 Å². The zero-order valence-corrected chi connectivity index (χ0v) is 9.15. The lowest BCUT2D eigenvalue weighted by Gasteiger charge is -2.16. The maximum absolute atomic E-state index is 11.7. The number of benzene rings is 1. The van der Waals surface area contributed by atoms with Crippen molar-refractivity contribution < 1.29 is 24.5 Å². The molecule has 0 radical (unpaired) electrons. The van der Waals surface area contributed by atoms with E-state index < -0.39 is 24.3 Å². The number of carbonyl (C=O) groups excluding carboxylic acids is 1. The molecule has 1 aliphatic rings. The van der Waals surface area contributed by atoms with Gasteiger partial charge in [-0.2, -0.15) is 0 Å². The van der Waals surface area contributed by atoms with E-state index in [0.717, 1.165) is 0 Å². The van der Waals surface area contributed by atoms with Crippen LogP contribution in [-0.2, 0) is 9.47 Å². The molecular weight excluding hydrogens is 224 g/mol. The van der Waals surface area contributed by atoms with Crippen LogP contribution in [0.25, 0.3) is 0 Å². The van der Waals surface area contributed by atoms with Gasteiger partial charge in [-0.05, 0) is 12.1 Å². The summed E-state index contributed by atoms with van der Waals surface area (Å²) in [5.41, 5.74) is 0.423. The largest absolute Gasteiger partial charge is 0.453 e. The van der Waals surface area contributed by atoms with Gasteiger partial charge >= 0.3 is 5.97 Å². The summed E-state index contributed by atoms with van der Waals surface area (Å²) in [6, 6.07) is 8.53. The van der Waals surface area contributed by atoms with Crippen LogP contribution in [0.3, 0.4) is 0 Å². The Labute approximate surface area is 98.6 Å². The average Bonchev–Trinajstić information content (AvgIpc) is 2.71. The molecule has 0 aliphatic carbocycles. The van der Waals surface area contributed by atoms with Crippen LogP contribution in [0.5, 0.6) is 0 Å². The highest BCUT2D eigenvalue weighted by Crippen LogP contribution is 2.18. The topological polar surface area (TPSA) is 76.0 Å². The molecule has 1 saturated heterocycles. The van der Waals surface area contributed by atoms with Crippen LogP contribution in [0.4, 0.5) is 0 Å². The van der Waals surface area contributed by atoms with E-state index in [2.05, 4.69) is 0 Å². The van der Waals surface area contributed by atoms with E-state index in [1.165, 1.54) is 0 Å². The molecular formula is C12H14O5. The Kier molecular flexibility index (Phi) is 3.73. The molecule has 0 aromatic heterocycles. The van der Waals surface area contributed by atoms with Gasteiger partial charge in [0.25, 0.3) is 0 Å². The molecule has 0 spiro atoms. The maximum Gasteiger partial charge on any atom is 0.338 e. The molecule has 1 fully saturated rings. The molecule has 0 unspecified atom stereocenters. The van der Waals surface area contributed by atoms with Crippen molar-refractivity contribution in [2.24, 2.45) is 0 Å². The summed E-state index contributed by atoms with van der Waals surface area (Å²) in [6.07, 6.45) is -2.38. The van der Waals surface area contributed by atoms with Crippen LogP contribution in [0, 0.1) is 0 Å². The molecule has 92 valence electrons. The molecule has 2 rings (SSSR count). The van der Waals surface area contributed by atoms with Gasteiger partial charge in [-0.15, -0.1) is 0 Å². The lowest BCUT2D eigenvalue weighted by atomic mass is 10.1. The highest BCUT2D eigenvalue weighted by Gasteiger charge is 2.38. The number of hydrogen-bond donors (Lipinski definition) is 2. The number of aliphatic hydroxyl groups is 2. The van der Waals surface area contributed by atoms with Crippen molar-refractivity contribution >= 4 is 5.97 Å². The Morgan fingerprint density at radius 3 is 2.71 bits per heavy atom. The standard InChI is InChI=1S/C12H14O5/c13-6-9-11(14)10(7-16-9)17-12(15)8-4-2-1-3-5-8/h1-5,9-11,13-14H,6-7H2/t9-,10+,11+/m1/s1. The molecule has 0 bridgehead atoms. The minimum Gasteiger partial charge on any atom is -0.453 e. The summed E-state index contributed by atoms with van der Waals surface area (Å²) >= 11 is 0. The summed E-state index contributed by atoms with van der Waals surface area (Å²) < 4.78 is 10.2. The highest BCUT2D eigenvalue weighted by molar-refractivity contribution is 5.89. The highest BCUT2D eigenvalue weighted by atomic mass is 16.6. The fourth-order valence-corrected chi connectivity index (χ4v) is 1.70. The molecule has 5 heteroatoms. The average molecular weight is 238 g/mol. The van der Waals surface area contributed by atoms with Crippen molar-refractivity contribution in [1.29, 1.82) is 0 Å². The molecule has 1 aromatic rings. The monoisotopic (exact) mass is 238 g/mol. The minimum atomic E-state index is -0.979. The first-order valence-corrected chi connectivity index (χ1v) is 5.39. The second-order valence-electron chi connectivity index (χ2n) is 3.85. The van der Waals surface area contributed by atoms with E-state index in [4.69, 9.17) is 14.6 Å². The third-order valence-corrected chi connectivity index (χ3v) is 2.68. The Balaban J connectivity index is 1.96. The van der Waals surface area contributed by atoms with Gasteiger partial charge in [0.2, 0.25) is 0 Å². The van der Waals surface area contributed by atoms with E-state index in [1.807, 2.05) is 0 Å². The van der Waals surface area contributed by atoms with E-state index >= 15 is 0 Å². The smallest absolute Gasteiger partial charge is 0.338 e. The number of rotatable bonds is 3. The number of aliphatic hydroxyl groups excluding tert-OH is 2. The van der Waals surface area contributed by atoms with Crippen molar-refractivity contribution in [2.75, 3.05) is 13.2 Å². The molecule has 0 saturated carbocycles. The molecule has 1 aromatic carbocycles. The first kappa shape index (κ1) is 12.0. The summed E-state index contributed by atoms with van der Waals surface area (Å²) in [7, 11) is 0. The number of carbonyl (C=O) groups is 1. The molecule has 17 heavy (non-hydrogen) atoms. The van der Waals surface area contributed by atoms with Crippen molar-refractivity contribution in [1.82, 2.24) is 0 Å².